The third-order valence-electron chi connectivity index (χ3n) is 14.2. The first kappa shape index (κ1) is 42.5. The molecule has 6 aliphatic heterocycles. The molecule has 63 heavy (non-hydrogen) atoms. The van der Waals surface area contributed by atoms with Gasteiger partial charge in [0.1, 0.15) is 17.5 Å². The van der Waals surface area contributed by atoms with Crippen LogP contribution in [0.1, 0.15) is 69.5 Å². The molecule has 4 fully saturated rings. The van der Waals surface area contributed by atoms with Crippen LogP contribution in [-0.4, -0.2) is 146 Å². The van der Waals surface area contributed by atoms with Crippen LogP contribution in [0, 0.1) is 5.92 Å². The Morgan fingerprint density at radius 3 is 2.27 bits per heavy atom. The van der Waals surface area contributed by atoms with Gasteiger partial charge in [-0.05, 0) is 86.0 Å². The summed E-state index contributed by atoms with van der Waals surface area (Å²) < 4.78 is 19.6. The molecule has 17 nitrogen and oxygen atoms in total. The predicted molar refractivity (Wildman–Crippen MR) is 232 cm³/mol. The number of aryl methyl sites for hydroxylation is 1. The Bertz CT molecular complexity index is 2400. The van der Waals surface area contributed by atoms with Gasteiger partial charge in [0.15, 0.2) is 0 Å². The van der Waals surface area contributed by atoms with Crippen LogP contribution in [0.2, 0.25) is 0 Å². The van der Waals surface area contributed by atoms with E-state index in [1.165, 1.54) is 0 Å². The number of rotatable bonds is 10. The smallest absolute Gasteiger partial charge is 0.317 e. The van der Waals surface area contributed by atoms with Gasteiger partial charge in [-0.3, -0.25) is 39.1 Å². The third kappa shape index (κ3) is 7.73. The number of anilines is 1. The number of piperidine rings is 2. The fraction of sp³-hybridized carbons (Fsp3) is 0.522. The van der Waals surface area contributed by atoms with E-state index in [1.807, 2.05) is 24.4 Å². The summed E-state index contributed by atoms with van der Waals surface area (Å²) >= 11 is 0. The number of amides is 6. The van der Waals surface area contributed by atoms with Crippen molar-refractivity contribution in [3.63, 3.8) is 0 Å². The predicted octanol–water partition coefficient (Wildman–Crippen LogP) is 2.36. The lowest BCUT2D eigenvalue weighted by atomic mass is 9.88. The first-order valence-corrected chi connectivity index (χ1v) is 22.0. The molecule has 17 heteroatoms. The number of hydrogen-bond donors (Lipinski definition) is 2. The van der Waals surface area contributed by atoms with E-state index in [-0.39, 0.29) is 36.5 Å². The molecule has 0 bridgehead atoms. The maximum absolute atomic E-state index is 13.4. The van der Waals surface area contributed by atoms with Crippen molar-refractivity contribution in [3.8, 4) is 22.6 Å². The van der Waals surface area contributed by atoms with Crippen molar-refractivity contribution in [2.45, 2.75) is 63.2 Å². The number of methoxy groups -OCH3 is 2. The summed E-state index contributed by atoms with van der Waals surface area (Å²) in [4.78, 5) is 86.6. The molecule has 0 aliphatic carbocycles. The fourth-order valence-corrected chi connectivity index (χ4v) is 10.5. The highest BCUT2D eigenvalue weighted by atomic mass is 16.5. The molecule has 2 aromatic carbocycles. The number of urea groups is 1. The number of hydrogen-bond acceptors (Lipinski definition) is 12. The highest BCUT2D eigenvalue weighted by Gasteiger charge is 2.48. The summed E-state index contributed by atoms with van der Waals surface area (Å²) in [6.45, 7) is 8.09. The molecule has 7 heterocycles. The molecule has 3 aromatic rings. The number of fused-ring (bicyclic) bond motifs is 2. The Hall–Kier alpha value is -5.78. The van der Waals surface area contributed by atoms with Crippen LogP contribution in [0.3, 0.4) is 0 Å². The van der Waals surface area contributed by atoms with Gasteiger partial charge in [-0.25, -0.2) is 4.79 Å². The van der Waals surface area contributed by atoms with Gasteiger partial charge in [0.05, 0.1) is 56.2 Å². The van der Waals surface area contributed by atoms with Gasteiger partial charge in [0, 0.05) is 89.3 Å². The Balaban J connectivity index is 0.821. The average Bonchev–Trinajstić information content (AvgIpc) is 3.53. The maximum atomic E-state index is 13.4. The summed E-state index contributed by atoms with van der Waals surface area (Å²) in [5.74, 6) is 0.0180. The number of nitrogens with one attached hydrogen (secondary N) is 2. The number of piperazine rings is 1. The lowest BCUT2D eigenvalue weighted by Crippen LogP contribution is -2.71. The molecule has 1 atom stereocenters. The monoisotopic (exact) mass is 864 g/mol. The number of ether oxygens (including phenoxy) is 3. The van der Waals surface area contributed by atoms with E-state index in [1.54, 1.807) is 49.9 Å². The van der Waals surface area contributed by atoms with Crippen molar-refractivity contribution in [1.29, 1.82) is 0 Å². The first-order chi connectivity index (χ1) is 30.4. The van der Waals surface area contributed by atoms with Crippen LogP contribution in [-0.2, 0) is 40.9 Å². The minimum Gasteiger partial charge on any atom is -0.496 e. The van der Waals surface area contributed by atoms with E-state index in [0.29, 0.717) is 66.8 Å². The fourth-order valence-electron chi connectivity index (χ4n) is 10.5. The normalized spacial score (nSPS) is 21.6. The minimum absolute atomic E-state index is 0.0880. The number of nitrogens with zero attached hydrogens (tertiary/aromatic N) is 6. The van der Waals surface area contributed by atoms with E-state index >= 15 is 0 Å². The van der Waals surface area contributed by atoms with Crippen LogP contribution in [0.25, 0.3) is 11.1 Å². The molecule has 0 saturated carbocycles. The van der Waals surface area contributed by atoms with E-state index in [0.717, 1.165) is 91.4 Å². The highest BCUT2D eigenvalue weighted by Crippen LogP contribution is 2.41. The highest BCUT2D eigenvalue weighted by molar-refractivity contribution is 6.23. The summed E-state index contributed by atoms with van der Waals surface area (Å²) in [5.41, 5.74) is 5.62. The van der Waals surface area contributed by atoms with Gasteiger partial charge in [0.2, 0.25) is 11.8 Å². The van der Waals surface area contributed by atoms with Crippen molar-refractivity contribution in [1.82, 2.24) is 34.8 Å². The second kappa shape index (κ2) is 17.1. The number of carbonyl (C=O) groups excluding carboxylic acids is 5. The summed E-state index contributed by atoms with van der Waals surface area (Å²) in [5, 5.41) is 4.93. The Labute approximate surface area is 366 Å². The second-order valence-electron chi connectivity index (χ2n) is 17.8. The molecule has 1 aromatic heterocycles. The van der Waals surface area contributed by atoms with Crippen LogP contribution < -0.4 is 30.6 Å². The molecule has 6 aliphatic rings. The van der Waals surface area contributed by atoms with Crippen LogP contribution in [0.5, 0.6) is 11.5 Å². The van der Waals surface area contributed by atoms with Gasteiger partial charge in [-0.15, -0.1) is 0 Å². The van der Waals surface area contributed by atoms with Crippen molar-refractivity contribution >= 4 is 35.3 Å². The van der Waals surface area contributed by atoms with Crippen LogP contribution in [0.4, 0.5) is 10.5 Å². The minimum atomic E-state index is -0.979. The maximum Gasteiger partial charge on any atom is 0.317 e. The molecule has 334 valence electrons. The number of aromatic nitrogens is 1. The molecule has 2 N–H and O–H groups in total. The van der Waals surface area contributed by atoms with Gasteiger partial charge in [-0.1, -0.05) is 0 Å². The Morgan fingerprint density at radius 1 is 0.873 bits per heavy atom. The van der Waals surface area contributed by atoms with Crippen LogP contribution >= 0.6 is 0 Å². The second-order valence-corrected chi connectivity index (χ2v) is 17.8. The third-order valence-corrected chi connectivity index (χ3v) is 14.2. The average molecular weight is 865 g/mol. The van der Waals surface area contributed by atoms with Gasteiger partial charge < -0.3 is 38.8 Å². The van der Waals surface area contributed by atoms with Crippen molar-refractivity contribution in [3.05, 3.63) is 74.7 Å². The standard InChI is InChI=1S/C46H56N8O9/c1-47-45(60)52-16-12-31-34(22-49(2)42(57)35(31)23-52)29-19-38(61-3)36(39(20-29)62-4)24-53-18-17-50(25-46(53)26-63-27-46)13-9-28-10-14-51(15-11-28)30-5-6-32-33(21-30)44(59)54(43(32)58)37-7-8-40(55)48-41(37)56/h5-6,19-22,28,37H,7-18,23-27H2,1-4H3,(H,47,60)(H,48,55,56). The molecular formula is C46H56N8O9. The quantitative estimate of drug-likeness (QED) is 0.286. The Kier molecular flexibility index (Phi) is 11.5. The Morgan fingerprint density at radius 2 is 1.60 bits per heavy atom. The molecule has 9 rings (SSSR count). The summed E-state index contributed by atoms with van der Waals surface area (Å²) in [7, 11) is 6.70. The topological polar surface area (TPSA) is 175 Å². The molecular weight excluding hydrogens is 809 g/mol. The SMILES string of the molecule is CNC(=O)N1CCc2c(-c3cc(OC)c(CN4CCN(CCC5CCN(c6ccc7c(c6)C(=O)N(C6CCC(=O)NC6=O)C7=O)CC5)CC45COC5)c(OC)c3)cn(C)c(=O)c2C1. The van der Waals surface area contributed by atoms with Gasteiger partial charge in [-0.2, -0.15) is 0 Å². The van der Waals surface area contributed by atoms with Crippen molar-refractivity contribution < 1.29 is 38.2 Å². The zero-order chi connectivity index (χ0) is 44.2. The van der Waals surface area contributed by atoms with E-state index in [9.17, 15) is 28.8 Å². The van der Waals surface area contributed by atoms with E-state index < -0.39 is 29.7 Å². The number of imide groups is 2. The first-order valence-electron chi connectivity index (χ1n) is 22.0. The summed E-state index contributed by atoms with van der Waals surface area (Å²) in [6, 6.07) is 8.26. The number of pyridine rings is 1. The zero-order valence-corrected chi connectivity index (χ0v) is 36.5. The zero-order valence-electron chi connectivity index (χ0n) is 36.5. The van der Waals surface area contributed by atoms with Crippen molar-refractivity contribution in [2.75, 3.05) is 85.2 Å². The van der Waals surface area contributed by atoms with E-state index in [4.69, 9.17) is 14.2 Å². The molecule has 1 spiro atoms. The van der Waals surface area contributed by atoms with Crippen LogP contribution in [0.15, 0.2) is 41.3 Å². The van der Waals surface area contributed by atoms with Crippen molar-refractivity contribution in [2.24, 2.45) is 13.0 Å². The van der Waals surface area contributed by atoms with Gasteiger partial charge >= 0.3 is 6.03 Å². The van der Waals surface area contributed by atoms with E-state index in [2.05, 4.69) is 25.3 Å². The number of benzene rings is 2. The molecule has 4 saturated heterocycles. The molecule has 0 radical (unpaired) electrons. The number of carbonyl (C=O) groups is 5. The summed E-state index contributed by atoms with van der Waals surface area (Å²) in [6.07, 6.45) is 5.78. The lowest BCUT2D eigenvalue weighted by Gasteiger charge is -2.55. The molecule has 6 amide bonds. The lowest BCUT2D eigenvalue weighted by molar-refractivity contribution is -0.173. The molecule has 1 unspecified atom stereocenters. The van der Waals surface area contributed by atoms with Gasteiger partial charge in [0.25, 0.3) is 17.4 Å². The largest absolute Gasteiger partial charge is 0.496 e.